The zero-order chi connectivity index (χ0) is 11.0. The molecule has 0 aromatic carbocycles. The summed E-state index contributed by atoms with van der Waals surface area (Å²) in [4.78, 5) is 11.6. The maximum Gasteiger partial charge on any atom is 0.196 e. The van der Waals surface area contributed by atoms with Gasteiger partial charge in [0.25, 0.3) is 0 Å². The number of thioether (sulfide) groups is 1. The third kappa shape index (κ3) is 5.62. The van der Waals surface area contributed by atoms with E-state index in [1.807, 2.05) is 20.8 Å². The van der Waals surface area contributed by atoms with Crippen molar-refractivity contribution in [3.05, 3.63) is 0 Å². The molecule has 1 N–H and O–H groups in total. The van der Waals surface area contributed by atoms with E-state index in [0.29, 0.717) is 19.0 Å². The van der Waals surface area contributed by atoms with Gasteiger partial charge in [0.1, 0.15) is 0 Å². The first-order chi connectivity index (χ1) is 6.54. The molecule has 0 atom stereocenters. The summed E-state index contributed by atoms with van der Waals surface area (Å²) in [6.07, 6.45) is 0.966. The first kappa shape index (κ1) is 13.9. The molecule has 3 nitrogen and oxygen atoms in total. The zero-order valence-corrected chi connectivity index (χ0v) is 10.0. The van der Waals surface area contributed by atoms with Gasteiger partial charge in [0.2, 0.25) is 0 Å². The molecule has 0 aliphatic carbocycles. The van der Waals surface area contributed by atoms with Gasteiger partial charge < -0.3 is 9.84 Å². The van der Waals surface area contributed by atoms with E-state index < -0.39 is 5.41 Å². The number of rotatable bonds is 7. The van der Waals surface area contributed by atoms with Crippen LogP contribution in [0.15, 0.2) is 0 Å². The van der Waals surface area contributed by atoms with E-state index in [-0.39, 0.29) is 11.7 Å². The molecule has 14 heavy (non-hydrogen) atoms. The predicted molar refractivity (Wildman–Crippen MR) is 59.4 cm³/mol. The number of aliphatic hydroxyl groups excluding tert-OH is 1. The minimum Gasteiger partial charge on any atom is -0.396 e. The van der Waals surface area contributed by atoms with E-state index in [9.17, 15) is 4.79 Å². The topological polar surface area (TPSA) is 46.5 Å². The molecular formula is C10H20O3S. The maximum absolute atomic E-state index is 11.6. The number of carbonyl (C=O) groups is 1. The second-order valence-corrected chi connectivity index (χ2v) is 4.86. The van der Waals surface area contributed by atoms with Crippen molar-refractivity contribution in [3.63, 3.8) is 0 Å². The van der Waals surface area contributed by atoms with Crippen LogP contribution in [0.1, 0.15) is 27.2 Å². The van der Waals surface area contributed by atoms with Crippen LogP contribution in [0.5, 0.6) is 0 Å². The second-order valence-electron chi connectivity index (χ2n) is 3.80. The van der Waals surface area contributed by atoms with Crippen LogP contribution >= 0.6 is 11.8 Å². The first-order valence-corrected chi connectivity index (χ1v) is 5.89. The molecule has 0 saturated heterocycles. The Bertz CT molecular complexity index is 169. The van der Waals surface area contributed by atoms with E-state index in [0.717, 1.165) is 6.42 Å². The molecule has 0 bridgehead atoms. The van der Waals surface area contributed by atoms with Crippen LogP contribution in [0, 0.1) is 5.41 Å². The first-order valence-electron chi connectivity index (χ1n) is 4.90. The molecule has 0 fully saturated rings. The van der Waals surface area contributed by atoms with E-state index in [1.165, 1.54) is 11.8 Å². The molecule has 0 aliphatic rings. The van der Waals surface area contributed by atoms with Crippen LogP contribution < -0.4 is 0 Å². The highest BCUT2D eigenvalue weighted by atomic mass is 32.2. The minimum atomic E-state index is -0.449. The molecule has 0 amide bonds. The Morgan fingerprint density at radius 1 is 1.50 bits per heavy atom. The summed E-state index contributed by atoms with van der Waals surface area (Å²) < 4.78 is 5.35. The lowest BCUT2D eigenvalue weighted by atomic mass is 9.97. The fourth-order valence-electron chi connectivity index (χ4n) is 0.864. The summed E-state index contributed by atoms with van der Waals surface area (Å²) in [5.41, 5.74) is -0.449. The SMILES string of the molecule is CCCOCC(C)(C)C(=O)SCCO. The van der Waals surface area contributed by atoms with Crippen molar-refractivity contribution in [2.24, 2.45) is 5.41 Å². The lowest BCUT2D eigenvalue weighted by Crippen LogP contribution is -2.28. The lowest BCUT2D eigenvalue weighted by molar-refractivity contribution is -0.121. The van der Waals surface area contributed by atoms with Gasteiger partial charge in [-0.05, 0) is 20.3 Å². The van der Waals surface area contributed by atoms with Gasteiger partial charge in [-0.2, -0.15) is 0 Å². The largest absolute Gasteiger partial charge is 0.396 e. The van der Waals surface area contributed by atoms with Gasteiger partial charge >= 0.3 is 0 Å². The average Bonchev–Trinajstić information content (AvgIpc) is 2.14. The summed E-state index contributed by atoms with van der Waals surface area (Å²) >= 11 is 1.17. The van der Waals surface area contributed by atoms with Gasteiger partial charge in [-0.15, -0.1) is 0 Å². The van der Waals surface area contributed by atoms with E-state index in [1.54, 1.807) is 0 Å². The Balaban J connectivity index is 3.83. The Kier molecular flexibility index (Phi) is 7.23. The molecule has 0 radical (unpaired) electrons. The molecular weight excluding hydrogens is 200 g/mol. The van der Waals surface area contributed by atoms with Crippen molar-refractivity contribution in [3.8, 4) is 0 Å². The second kappa shape index (κ2) is 7.26. The number of hydrogen-bond donors (Lipinski definition) is 1. The average molecular weight is 220 g/mol. The quantitative estimate of drug-likeness (QED) is 0.663. The standard InChI is InChI=1S/C10H20O3S/c1-4-6-13-8-10(2,3)9(12)14-7-5-11/h11H,4-8H2,1-3H3. The van der Waals surface area contributed by atoms with Crippen molar-refractivity contribution in [2.75, 3.05) is 25.6 Å². The Hall–Kier alpha value is -0.0600. The Morgan fingerprint density at radius 2 is 2.14 bits per heavy atom. The highest BCUT2D eigenvalue weighted by Gasteiger charge is 2.27. The summed E-state index contributed by atoms with van der Waals surface area (Å²) in [6.45, 7) is 6.97. The third-order valence-electron chi connectivity index (χ3n) is 1.69. The van der Waals surface area contributed by atoms with Crippen molar-refractivity contribution >= 4 is 16.9 Å². The summed E-state index contributed by atoms with van der Waals surface area (Å²) in [5, 5.41) is 8.68. The fraction of sp³-hybridized carbons (Fsp3) is 0.900. The van der Waals surface area contributed by atoms with Gasteiger partial charge in [-0.3, -0.25) is 4.79 Å². The zero-order valence-electron chi connectivity index (χ0n) is 9.21. The van der Waals surface area contributed by atoms with E-state index >= 15 is 0 Å². The van der Waals surface area contributed by atoms with Gasteiger partial charge in [0.05, 0.1) is 18.6 Å². The smallest absolute Gasteiger partial charge is 0.196 e. The summed E-state index contributed by atoms with van der Waals surface area (Å²) in [5.74, 6) is 0.468. The minimum absolute atomic E-state index is 0.0440. The molecule has 0 aromatic heterocycles. The Morgan fingerprint density at radius 3 is 2.64 bits per heavy atom. The summed E-state index contributed by atoms with van der Waals surface area (Å²) in [6, 6.07) is 0. The van der Waals surface area contributed by atoms with Crippen molar-refractivity contribution < 1.29 is 14.6 Å². The number of ether oxygens (including phenoxy) is 1. The molecule has 0 rings (SSSR count). The van der Waals surface area contributed by atoms with Crippen molar-refractivity contribution in [1.82, 2.24) is 0 Å². The van der Waals surface area contributed by atoms with Crippen molar-refractivity contribution in [1.29, 1.82) is 0 Å². The molecule has 0 aliphatic heterocycles. The van der Waals surface area contributed by atoms with Gasteiger partial charge in [0, 0.05) is 12.4 Å². The number of aliphatic hydroxyl groups is 1. The Labute approximate surface area is 90.2 Å². The van der Waals surface area contributed by atoms with Crippen LogP contribution in [0.2, 0.25) is 0 Å². The van der Waals surface area contributed by atoms with E-state index in [2.05, 4.69) is 0 Å². The van der Waals surface area contributed by atoms with Gasteiger partial charge in [0.15, 0.2) is 5.12 Å². The highest BCUT2D eigenvalue weighted by Crippen LogP contribution is 2.24. The molecule has 0 spiro atoms. The molecule has 0 unspecified atom stereocenters. The number of hydrogen-bond acceptors (Lipinski definition) is 4. The van der Waals surface area contributed by atoms with Crippen LogP contribution in [0.4, 0.5) is 0 Å². The fourth-order valence-corrected chi connectivity index (χ4v) is 1.59. The lowest BCUT2D eigenvalue weighted by Gasteiger charge is -2.21. The van der Waals surface area contributed by atoms with E-state index in [4.69, 9.17) is 9.84 Å². The van der Waals surface area contributed by atoms with Crippen LogP contribution in [-0.2, 0) is 9.53 Å². The van der Waals surface area contributed by atoms with Gasteiger partial charge in [-0.25, -0.2) is 0 Å². The molecule has 0 heterocycles. The van der Waals surface area contributed by atoms with Crippen molar-refractivity contribution in [2.45, 2.75) is 27.2 Å². The monoisotopic (exact) mass is 220 g/mol. The highest BCUT2D eigenvalue weighted by molar-refractivity contribution is 8.13. The number of carbonyl (C=O) groups excluding carboxylic acids is 1. The van der Waals surface area contributed by atoms with Crippen LogP contribution in [0.25, 0.3) is 0 Å². The van der Waals surface area contributed by atoms with Crippen LogP contribution in [-0.4, -0.2) is 35.8 Å². The molecule has 0 saturated carbocycles. The maximum atomic E-state index is 11.6. The van der Waals surface area contributed by atoms with Gasteiger partial charge in [-0.1, -0.05) is 18.7 Å². The third-order valence-corrected chi connectivity index (χ3v) is 2.89. The normalized spacial score (nSPS) is 11.7. The molecule has 0 aromatic rings. The molecule has 84 valence electrons. The summed E-state index contributed by atoms with van der Waals surface area (Å²) in [7, 11) is 0. The van der Waals surface area contributed by atoms with Crippen LogP contribution in [0.3, 0.4) is 0 Å². The molecule has 4 heteroatoms. The predicted octanol–water partition coefficient (Wildman–Crippen LogP) is 1.69.